The highest BCUT2D eigenvalue weighted by Gasteiger charge is 2.25. The van der Waals surface area contributed by atoms with Gasteiger partial charge < -0.3 is 5.32 Å². The minimum atomic E-state index is -0.638. The number of fused-ring (bicyclic) bond motifs is 2. The van der Waals surface area contributed by atoms with E-state index in [-0.39, 0.29) is 6.17 Å². The molecule has 0 radical (unpaired) electrons. The van der Waals surface area contributed by atoms with Crippen LogP contribution in [0.2, 0.25) is 0 Å². The van der Waals surface area contributed by atoms with Crippen LogP contribution < -0.4 is 21.2 Å². The highest BCUT2D eigenvalue weighted by molar-refractivity contribution is 7.97. The predicted octanol–water partition coefficient (Wildman–Crippen LogP) is 6.26. The minimum absolute atomic E-state index is 0.0672. The lowest BCUT2D eigenvalue weighted by molar-refractivity contribution is 0.484. The molecule has 1 unspecified atom stereocenters. The summed E-state index contributed by atoms with van der Waals surface area (Å²) < 4.78 is 2.29. The van der Waals surface area contributed by atoms with Crippen molar-refractivity contribution in [1.29, 1.82) is 0 Å². The summed E-state index contributed by atoms with van der Waals surface area (Å²) in [6.07, 6.45) is 6.77. The molecule has 2 aliphatic rings. The first-order valence-electron chi connectivity index (χ1n) is 11.7. The van der Waals surface area contributed by atoms with Gasteiger partial charge >= 0.3 is 0 Å². The fourth-order valence-corrected chi connectivity index (χ4v) is 7.89. The molecule has 2 heterocycles. The van der Waals surface area contributed by atoms with Gasteiger partial charge in [-0.2, -0.15) is 0 Å². The molecule has 0 amide bonds. The Balaban J connectivity index is 1.37. The van der Waals surface area contributed by atoms with E-state index >= 15 is 0 Å². The first-order chi connectivity index (χ1) is 17.3. The second-order valence-electron chi connectivity index (χ2n) is 8.52. The fourth-order valence-electron chi connectivity index (χ4n) is 4.50. The molecular weight excluding hydrogens is 463 g/mol. The molecule has 0 bridgehead atoms. The van der Waals surface area contributed by atoms with E-state index in [0.717, 1.165) is 11.3 Å². The van der Waals surface area contributed by atoms with Crippen LogP contribution in [-0.4, -0.2) is 10.5 Å². The van der Waals surface area contributed by atoms with E-state index in [1.54, 1.807) is 11.9 Å². The zero-order valence-electron chi connectivity index (χ0n) is 19.2. The molecule has 35 heavy (non-hydrogen) atoms. The SMILES string of the molecule is C=C1NC2C=CC(c3cccc(P(c4ccccc4)c4ccccc4)c3)=CN2Sc2ccccc21. The molecule has 0 aliphatic carbocycles. The zero-order valence-corrected chi connectivity index (χ0v) is 20.9. The van der Waals surface area contributed by atoms with Gasteiger partial charge in [-0.1, -0.05) is 110 Å². The van der Waals surface area contributed by atoms with Crippen molar-refractivity contribution in [3.63, 3.8) is 0 Å². The van der Waals surface area contributed by atoms with Gasteiger partial charge in [0.15, 0.2) is 0 Å². The summed E-state index contributed by atoms with van der Waals surface area (Å²) >= 11 is 1.75. The van der Waals surface area contributed by atoms with Crippen molar-refractivity contribution in [3.05, 3.63) is 145 Å². The first kappa shape index (κ1) is 22.0. The molecule has 1 atom stereocenters. The van der Waals surface area contributed by atoms with E-state index in [1.807, 2.05) is 0 Å². The van der Waals surface area contributed by atoms with E-state index in [2.05, 4.69) is 144 Å². The Morgan fingerprint density at radius 2 is 1.40 bits per heavy atom. The third-order valence-corrected chi connectivity index (χ3v) is 9.72. The van der Waals surface area contributed by atoms with E-state index in [0.29, 0.717) is 0 Å². The maximum atomic E-state index is 4.27. The summed E-state index contributed by atoms with van der Waals surface area (Å²) in [6, 6.07) is 39.2. The first-order valence-corrected chi connectivity index (χ1v) is 13.8. The van der Waals surface area contributed by atoms with Gasteiger partial charge in [0.2, 0.25) is 0 Å². The lowest BCUT2D eigenvalue weighted by Gasteiger charge is -2.30. The second kappa shape index (κ2) is 9.62. The summed E-state index contributed by atoms with van der Waals surface area (Å²) in [6.45, 7) is 4.27. The molecule has 4 aromatic carbocycles. The lowest BCUT2D eigenvalue weighted by Crippen LogP contribution is -2.36. The van der Waals surface area contributed by atoms with Crippen LogP contribution in [0.1, 0.15) is 11.1 Å². The molecule has 170 valence electrons. The molecule has 4 aromatic rings. The van der Waals surface area contributed by atoms with Crippen LogP contribution in [-0.2, 0) is 0 Å². The summed E-state index contributed by atoms with van der Waals surface area (Å²) in [7, 11) is -0.638. The van der Waals surface area contributed by atoms with Crippen LogP contribution in [0.5, 0.6) is 0 Å². The monoisotopic (exact) mass is 488 g/mol. The Morgan fingerprint density at radius 1 is 0.743 bits per heavy atom. The molecule has 2 nitrogen and oxygen atoms in total. The van der Waals surface area contributed by atoms with E-state index < -0.39 is 7.92 Å². The quantitative estimate of drug-likeness (QED) is 0.269. The van der Waals surface area contributed by atoms with Gasteiger partial charge in [-0.3, -0.25) is 4.31 Å². The predicted molar refractivity (Wildman–Crippen MR) is 152 cm³/mol. The Bertz CT molecular complexity index is 1390. The third kappa shape index (κ3) is 4.46. The number of hydrogen-bond donors (Lipinski definition) is 1. The van der Waals surface area contributed by atoms with Gasteiger partial charge in [0.25, 0.3) is 0 Å². The van der Waals surface area contributed by atoms with Gasteiger partial charge in [0.1, 0.15) is 6.17 Å². The molecule has 0 aromatic heterocycles. The van der Waals surface area contributed by atoms with Gasteiger partial charge in [-0.15, -0.1) is 0 Å². The third-order valence-electron chi connectivity index (χ3n) is 6.20. The van der Waals surface area contributed by atoms with Crippen molar-refractivity contribution >= 4 is 47.1 Å². The number of rotatable bonds is 4. The maximum Gasteiger partial charge on any atom is 0.129 e. The van der Waals surface area contributed by atoms with E-state index in [4.69, 9.17) is 0 Å². The number of allylic oxidation sites excluding steroid dienone is 2. The number of benzene rings is 4. The van der Waals surface area contributed by atoms with Gasteiger partial charge in [-0.25, -0.2) is 0 Å². The second-order valence-corrected chi connectivity index (χ2v) is 11.8. The summed E-state index contributed by atoms with van der Waals surface area (Å²) in [5, 5.41) is 7.64. The van der Waals surface area contributed by atoms with E-state index in [1.165, 1.54) is 31.9 Å². The molecule has 0 saturated carbocycles. The summed E-state index contributed by atoms with van der Waals surface area (Å²) in [5.74, 6) is 0. The molecule has 0 spiro atoms. The van der Waals surface area contributed by atoms with Crippen molar-refractivity contribution in [2.75, 3.05) is 0 Å². The zero-order chi connectivity index (χ0) is 23.6. The lowest BCUT2D eigenvalue weighted by atomic mass is 10.0. The van der Waals surface area contributed by atoms with Crippen molar-refractivity contribution in [2.45, 2.75) is 11.1 Å². The normalized spacial score (nSPS) is 16.7. The Kier molecular flexibility index (Phi) is 6.04. The topological polar surface area (TPSA) is 15.3 Å². The van der Waals surface area contributed by atoms with Crippen molar-refractivity contribution in [1.82, 2.24) is 9.62 Å². The van der Waals surface area contributed by atoms with Gasteiger partial charge in [-0.05, 0) is 65.1 Å². The smallest absolute Gasteiger partial charge is 0.129 e. The highest BCUT2D eigenvalue weighted by Crippen LogP contribution is 2.38. The minimum Gasteiger partial charge on any atom is -0.361 e. The van der Waals surface area contributed by atoms with Crippen LogP contribution in [0.25, 0.3) is 11.3 Å². The largest absolute Gasteiger partial charge is 0.361 e. The van der Waals surface area contributed by atoms with Gasteiger partial charge in [0, 0.05) is 22.4 Å². The van der Waals surface area contributed by atoms with Crippen LogP contribution in [0, 0.1) is 0 Å². The number of hydrogen-bond acceptors (Lipinski definition) is 3. The Morgan fingerprint density at radius 3 is 2.14 bits per heavy atom. The fraction of sp³-hybridized carbons (Fsp3) is 0.0323. The average molecular weight is 489 g/mol. The van der Waals surface area contributed by atoms with Crippen molar-refractivity contribution < 1.29 is 0 Å². The molecule has 1 N–H and O–H groups in total. The number of nitrogens with zero attached hydrogens (tertiary/aromatic N) is 1. The Hall–Kier alpha value is -3.52. The number of nitrogens with one attached hydrogen (secondary N) is 1. The molecule has 0 saturated heterocycles. The molecule has 2 aliphatic heterocycles. The standard InChI is InChI=1S/C31H25N2PS/c1-23-29-17-8-9-18-30(29)35-33-22-25(19-20-31(33)32-23)24-11-10-16-28(21-24)34(26-12-4-2-5-13-26)27-14-6-3-7-15-27/h2-22,31-32H,1H2. The highest BCUT2D eigenvalue weighted by atomic mass is 32.2. The van der Waals surface area contributed by atoms with Crippen LogP contribution in [0.3, 0.4) is 0 Å². The van der Waals surface area contributed by atoms with Crippen molar-refractivity contribution in [3.8, 4) is 0 Å². The maximum absolute atomic E-state index is 4.27. The van der Waals surface area contributed by atoms with Gasteiger partial charge in [0.05, 0.1) is 0 Å². The Labute approximate surface area is 212 Å². The molecular formula is C31H25N2PS. The van der Waals surface area contributed by atoms with Crippen LogP contribution >= 0.6 is 19.9 Å². The summed E-state index contributed by atoms with van der Waals surface area (Å²) in [4.78, 5) is 1.21. The summed E-state index contributed by atoms with van der Waals surface area (Å²) in [5.41, 5.74) is 4.56. The van der Waals surface area contributed by atoms with Crippen LogP contribution in [0.15, 0.2) is 139 Å². The van der Waals surface area contributed by atoms with Crippen LogP contribution in [0.4, 0.5) is 0 Å². The molecule has 6 rings (SSSR count). The van der Waals surface area contributed by atoms with E-state index in [9.17, 15) is 0 Å². The van der Waals surface area contributed by atoms with Crippen molar-refractivity contribution in [2.24, 2.45) is 0 Å². The average Bonchev–Trinajstić information content (AvgIpc) is 3.05. The molecule has 4 heteroatoms. The molecule has 0 fully saturated rings.